The van der Waals surface area contributed by atoms with Crippen LogP contribution in [0.2, 0.25) is 0 Å². The third-order valence-electron chi connectivity index (χ3n) is 4.10. The molecule has 0 radical (unpaired) electrons. The Balaban J connectivity index is 1.84. The number of nitrogens with one attached hydrogen (secondary N) is 1. The van der Waals surface area contributed by atoms with Crippen LogP contribution in [0.3, 0.4) is 0 Å². The highest BCUT2D eigenvalue weighted by Gasteiger charge is 2.36. The molecular weight excluding hydrogens is 214 g/mol. The molecule has 4 heteroatoms. The Hall–Kier alpha value is -0.970. The van der Waals surface area contributed by atoms with E-state index in [1.165, 1.54) is 11.3 Å². The average Bonchev–Trinajstić information content (AvgIpc) is 3.01. The van der Waals surface area contributed by atoms with Crippen molar-refractivity contribution in [1.29, 1.82) is 0 Å². The molecule has 3 atom stereocenters. The lowest BCUT2D eigenvalue weighted by atomic mass is 9.86. The smallest absolute Gasteiger partial charge is 0.0510 e. The first kappa shape index (κ1) is 11.1. The van der Waals surface area contributed by atoms with E-state index in [0.717, 1.165) is 32.5 Å². The fraction of sp³-hybridized carbons (Fsp3) is 0.615. The molecule has 1 aliphatic carbocycles. The number of nitrogens with zero attached hydrogens (tertiary/aromatic N) is 1. The molecule has 4 nitrogen and oxygen atoms in total. The number of ether oxygens (including phenoxy) is 1. The van der Waals surface area contributed by atoms with E-state index in [2.05, 4.69) is 16.5 Å². The molecule has 1 aromatic heterocycles. The van der Waals surface area contributed by atoms with E-state index in [1.807, 2.05) is 12.3 Å². The Kier molecular flexibility index (Phi) is 3.09. The van der Waals surface area contributed by atoms with Gasteiger partial charge in [-0.2, -0.15) is 0 Å². The summed E-state index contributed by atoms with van der Waals surface area (Å²) in [6.07, 6.45) is 5.26. The maximum absolute atomic E-state index is 5.76. The van der Waals surface area contributed by atoms with E-state index < -0.39 is 0 Å². The van der Waals surface area contributed by atoms with Gasteiger partial charge in [0, 0.05) is 36.4 Å². The van der Waals surface area contributed by atoms with Gasteiger partial charge in [-0.3, -0.25) is 16.3 Å². The lowest BCUT2D eigenvalue weighted by molar-refractivity contribution is 0.171. The standard InChI is InChI=1S/C13H19N3O/c14-16-13(10-5-7-17-8-10)11-4-3-9-2-1-6-15-12(9)11/h1-2,6,10-11,13,16H,3-5,7-8,14H2. The first-order valence-electron chi connectivity index (χ1n) is 6.38. The van der Waals surface area contributed by atoms with Gasteiger partial charge in [0.1, 0.15) is 0 Å². The summed E-state index contributed by atoms with van der Waals surface area (Å²) < 4.78 is 5.47. The zero-order valence-electron chi connectivity index (χ0n) is 9.93. The van der Waals surface area contributed by atoms with E-state index in [9.17, 15) is 0 Å². The van der Waals surface area contributed by atoms with Crippen LogP contribution in [0.5, 0.6) is 0 Å². The molecule has 17 heavy (non-hydrogen) atoms. The number of fused-ring (bicyclic) bond motifs is 1. The first-order chi connectivity index (χ1) is 8.40. The van der Waals surface area contributed by atoms with E-state index in [0.29, 0.717) is 17.9 Å². The van der Waals surface area contributed by atoms with Crippen molar-refractivity contribution in [1.82, 2.24) is 10.4 Å². The minimum absolute atomic E-state index is 0.300. The van der Waals surface area contributed by atoms with Crippen LogP contribution in [0.4, 0.5) is 0 Å². The number of aromatic nitrogens is 1. The van der Waals surface area contributed by atoms with Gasteiger partial charge in [0.2, 0.25) is 0 Å². The molecule has 0 amide bonds. The molecule has 3 unspecified atom stereocenters. The van der Waals surface area contributed by atoms with Crippen LogP contribution in [-0.4, -0.2) is 24.2 Å². The largest absolute Gasteiger partial charge is 0.381 e. The maximum atomic E-state index is 5.76. The third-order valence-corrected chi connectivity index (χ3v) is 4.10. The fourth-order valence-electron chi connectivity index (χ4n) is 3.21. The third kappa shape index (κ3) is 1.97. The van der Waals surface area contributed by atoms with E-state index >= 15 is 0 Å². The predicted molar refractivity (Wildman–Crippen MR) is 65.3 cm³/mol. The van der Waals surface area contributed by atoms with Crippen molar-refractivity contribution in [3.63, 3.8) is 0 Å². The van der Waals surface area contributed by atoms with Crippen molar-refractivity contribution in [3.8, 4) is 0 Å². The van der Waals surface area contributed by atoms with Crippen LogP contribution < -0.4 is 11.3 Å². The zero-order chi connectivity index (χ0) is 11.7. The van der Waals surface area contributed by atoms with Crippen molar-refractivity contribution in [2.75, 3.05) is 13.2 Å². The minimum atomic E-state index is 0.300. The summed E-state index contributed by atoms with van der Waals surface area (Å²) in [5.41, 5.74) is 5.63. The summed E-state index contributed by atoms with van der Waals surface area (Å²) >= 11 is 0. The van der Waals surface area contributed by atoms with Crippen LogP contribution in [0.15, 0.2) is 18.3 Å². The maximum Gasteiger partial charge on any atom is 0.0510 e. The molecule has 0 spiro atoms. The van der Waals surface area contributed by atoms with Gasteiger partial charge in [-0.05, 0) is 30.9 Å². The highest BCUT2D eigenvalue weighted by Crippen LogP contribution is 2.37. The summed E-state index contributed by atoms with van der Waals surface area (Å²) in [5, 5.41) is 0. The Bertz CT molecular complexity index is 390. The van der Waals surface area contributed by atoms with Crippen LogP contribution >= 0.6 is 0 Å². The van der Waals surface area contributed by atoms with E-state index in [4.69, 9.17) is 10.6 Å². The predicted octanol–water partition coefficient (Wildman–Crippen LogP) is 0.980. The second-order valence-electron chi connectivity index (χ2n) is 5.01. The van der Waals surface area contributed by atoms with Gasteiger partial charge in [0.15, 0.2) is 0 Å². The quantitative estimate of drug-likeness (QED) is 0.603. The number of hydrogen-bond acceptors (Lipinski definition) is 4. The number of nitrogens with two attached hydrogens (primary N) is 1. The summed E-state index contributed by atoms with van der Waals surface area (Å²) in [6, 6.07) is 4.50. The normalized spacial score (nSPS) is 29.2. The molecule has 1 aromatic rings. The SMILES string of the molecule is NNC(C1CCOC1)C1CCc2cccnc21. The van der Waals surface area contributed by atoms with Crippen molar-refractivity contribution in [2.24, 2.45) is 11.8 Å². The molecular formula is C13H19N3O. The van der Waals surface area contributed by atoms with Crippen molar-refractivity contribution in [3.05, 3.63) is 29.6 Å². The molecule has 92 valence electrons. The van der Waals surface area contributed by atoms with Gasteiger partial charge in [0.25, 0.3) is 0 Å². The number of hydrogen-bond donors (Lipinski definition) is 2. The van der Waals surface area contributed by atoms with Crippen LogP contribution in [0, 0.1) is 5.92 Å². The molecule has 2 aliphatic rings. The van der Waals surface area contributed by atoms with E-state index in [-0.39, 0.29) is 0 Å². The van der Waals surface area contributed by atoms with Crippen LogP contribution in [0.25, 0.3) is 0 Å². The highest BCUT2D eigenvalue weighted by molar-refractivity contribution is 5.30. The lowest BCUT2D eigenvalue weighted by Crippen LogP contribution is -2.45. The molecule has 0 aromatic carbocycles. The molecule has 0 saturated carbocycles. The average molecular weight is 233 g/mol. The molecule has 3 N–H and O–H groups in total. The second kappa shape index (κ2) is 4.72. The minimum Gasteiger partial charge on any atom is -0.381 e. The first-order valence-corrected chi connectivity index (χ1v) is 6.38. The molecule has 1 aliphatic heterocycles. The van der Waals surface area contributed by atoms with Crippen molar-refractivity contribution in [2.45, 2.75) is 31.2 Å². The number of aryl methyl sites for hydroxylation is 1. The Labute approximate surface area is 102 Å². The second-order valence-corrected chi connectivity index (χ2v) is 5.01. The van der Waals surface area contributed by atoms with Gasteiger partial charge >= 0.3 is 0 Å². The van der Waals surface area contributed by atoms with Gasteiger partial charge in [0.05, 0.1) is 6.61 Å². The van der Waals surface area contributed by atoms with Gasteiger partial charge in [-0.15, -0.1) is 0 Å². The summed E-state index contributed by atoms with van der Waals surface area (Å²) in [5.74, 6) is 6.73. The zero-order valence-corrected chi connectivity index (χ0v) is 9.93. The van der Waals surface area contributed by atoms with E-state index in [1.54, 1.807) is 0 Å². The topological polar surface area (TPSA) is 60.2 Å². The highest BCUT2D eigenvalue weighted by atomic mass is 16.5. The van der Waals surface area contributed by atoms with Crippen molar-refractivity contribution < 1.29 is 4.74 Å². The number of rotatable bonds is 3. The fourth-order valence-corrected chi connectivity index (χ4v) is 3.21. The van der Waals surface area contributed by atoms with Crippen LogP contribution in [-0.2, 0) is 11.2 Å². The lowest BCUT2D eigenvalue weighted by Gasteiger charge is -2.27. The van der Waals surface area contributed by atoms with Gasteiger partial charge < -0.3 is 4.74 Å². The van der Waals surface area contributed by atoms with Gasteiger partial charge in [-0.1, -0.05) is 6.07 Å². The number of hydrazine groups is 1. The molecule has 3 rings (SSSR count). The molecule has 1 saturated heterocycles. The Morgan fingerprint density at radius 2 is 2.41 bits per heavy atom. The Morgan fingerprint density at radius 1 is 1.47 bits per heavy atom. The number of pyridine rings is 1. The molecule has 1 fully saturated rings. The van der Waals surface area contributed by atoms with Gasteiger partial charge in [-0.25, -0.2) is 0 Å². The monoisotopic (exact) mass is 233 g/mol. The van der Waals surface area contributed by atoms with Crippen molar-refractivity contribution >= 4 is 0 Å². The molecule has 2 heterocycles. The summed E-state index contributed by atoms with van der Waals surface area (Å²) in [4.78, 5) is 4.54. The summed E-state index contributed by atoms with van der Waals surface area (Å²) in [6.45, 7) is 1.69. The summed E-state index contributed by atoms with van der Waals surface area (Å²) in [7, 11) is 0. The Morgan fingerprint density at radius 3 is 3.18 bits per heavy atom. The molecule has 0 bridgehead atoms. The van der Waals surface area contributed by atoms with Crippen LogP contribution in [0.1, 0.15) is 30.0 Å².